The van der Waals surface area contributed by atoms with Gasteiger partial charge in [-0.2, -0.15) is 0 Å². The van der Waals surface area contributed by atoms with Crippen molar-refractivity contribution in [3.63, 3.8) is 0 Å². The van der Waals surface area contributed by atoms with Gasteiger partial charge in [0.25, 0.3) is 11.8 Å². The maximum absolute atomic E-state index is 13.5. The standard InChI is InChI=1S/C18H19ClFN3O2/c1-12-3-6-15(9-16(12)20)22-18(25)11-23(2)10-17(24)21-14-7-4-13(19)5-8-14/h3-9H,10-11H2,1-2H3,(H,21,24)(H,22,25)/p+1. The monoisotopic (exact) mass is 364 g/mol. The first-order valence-corrected chi connectivity index (χ1v) is 8.14. The molecule has 3 N–H and O–H groups in total. The molecular weight excluding hydrogens is 345 g/mol. The molecule has 7 heteroatoms. The smallest absolute Gasteiger partial charge is 0.279 e. The first kappa shape index (κ1) is 18.9. The number of rotatable bonds is 6. The third-order valence-corrected chi connectivity index (χ3v) is 3.76. The van der Waals surface area contributed by atoms with E-state index in [9.17, 15) is 14.0 Å². The van der Waals surface area contributed by atoms with Crippen LogP contribution in [0.5, 0.6) is 0 Å². The summed E-state index contributed by atoms with van der Waals surface area (Å²) in [7, 11) is 1.73. The fraction of sp³-hybridized carbons (Fsp3) is 0.222. The highest BCUT2D eigenvalue weighted by atomic mass is 35.5. The second-order valence-electron chi connectivity index (χ2n) is 5.88. The number of hydrogen-bond acceptors (Lipinski definition) is 2. The van der Waals surface area contributed by atoms with Gasteiger partial charge in [-0.15, -0.1) is 0 Å². The molecule has 2 amide bonds. The number of carbonyl (C=O) groups is 2. The minimum atomic E-state index is -0.374. The number of anilines is 2. The summed E-state index contributed by atoms with van der Waals surface area (Å²) in [5, 5.41) is 5.95. The Kier molecular flexibility index (Phi) is 6.50. The van der Waals surface area contributed by atoms with E-state index in [0.29, 0.717) is 26.9 Å². The molecule has 2 aromatic rings. The van der Waals surface area contributed by atoms with Gasteiger partial charge in [-0.3, -0.25) is 9.59 Å². The quantitative estimate of drug-likeness (QED) is 0.733. The number of likely N-dealkylation sites (N-methyl/N-ethyl adjacent to an activating group) is 1. The molecule has 0 saturated carbocycles. The van der Waals surface area contributed by atoms with Gasteiger partial charge in [-0.25, -0.2) is 4.39 Å². The second-order valence-corrected chi connectivity index (χ2v) is 6.31. The SMILES string of the molecule is Cc1ccc(NC(=O)C[NH+](C)CC(=O)Nc2ccc(Cl)cc2)cc1F. The molecule has 0 heterocycles. The van der Waals surface area contributed by atoms with E-state index < -0.39 is 0 Å². The molecule has 1 atom stereocenters. The number of aryl methyl sites for hydroxylation is 1. The van der Waals surface area contributed by atoms with Crippen molar-refractivity contribution in [1.82, 2.24) is 0 Å². The van der Waals surface area contributed by atoms with Gasteiger partial charge in [-0.1, -0.05) is 17.7 Å². The lowest BCUT2D eigenvalue weighted by atomic mass is 10.2. The Morgan fingerprint density at radius 1 is 1.00 bits per heavy atom. The molecule has 0 saturated heterocycles. The molecule has 0 bridgehead atoms. The van der Waals surface area contributed by atoms with Gasteiger partial charge < -0.3 is 15.5 Å². The topological polar surface area (TPSA) is 62.6 Å². The zero-order valence-corrected chi connectivity index (χ0v) is 14.8. The Bertz CT molecular complexity index is 765. The summed E-state index contributed by atoms with van der Waals surface area (Å²) >= 11 is 5.79. The van der Waals surface area contributed by atoms with E-state index in [1.54, 1.807) is 50.4 Å². The number of benzene rings is 2. The van der Waals surface area contributed by atoms with Crippen molar-refractivity contribution < 1.29 is 18.9 Å². The predicted molar refractivity (Wildman–Crippen MR) is 96.5 cm³/mol. The number of amides is 2. The normalized spacial score (nSPS) is 11.7. The van der Waals surface area contributed by atoms with Crippen LogP contribution in [0.2, 0.25) is 5.02 Å². The molecule has 0 fully saturated rings. The Balaban J connectivity index is 1.81. The van der Waals surface area contributed by atoms with E-state index in [-0.39, 0.29) is 30.7 Å². The summed E-state index contributed by atoms with van der Waals surface area (Å²) in [5.74, 6) is -0.880. The maximum Gasteiger partial charge on any atom is 0.279 e. The number of halogens is 2. The van der Waals surface area contributed by atoms with Crippen molar-refractivity contribution in [2.45, 2.75) is 6.92 Å². The lowest BCUT2D eigenvalue weighted by Gasteiger charge is -2.14. The molecule has 132 valence electrons. The van der Waals surface area contributed by atoms with Gasteiger partial charge in [0.1, 0.15) is 5.82 Å². The second kappa shape index (κ2) is 8.60. The predicted octanol–water partition coefficient (Wildman–Crippen LogP) is 1.88. The highest BCUT2D eigenvalue weighted by Gasteiger charge is 2.15. The van der Waals surface area contributed by atoms with Crippen LogP contribution in [0, 0.1) is 12.7 Å². The minimum Gasteiger partial charge on any atom is -0.322 e. The Morgan fingerprint density at radius 2 is 1.52 bits per heavy atom. The van der Waals surface area contributed by atoms with Gasteiger partial charge in [0.2, 0.25) is 0 Å². The van der Waals surface area contributed by atoms with Crippen molar-refractivity contribution >= 4 is 34.8 Å². The highest BCUT2D eigenvalue weighted by molar-refractivity contribution is 6.30. The number of hydrogen-bond donors (Lipinski definition) is 3. The van der Waals surface area contributed by atoms with E-state index in [1.165, 1.54) is 6.07 Å². The van der Waals surface area contributed by atoms with Crippen LogP contribution in [0.3, 0.4) is 0 Å². The zero-order chi connectivity index (χ0) is 18.4. The first-order valence-electron chi connectivity index (χ1n) is 7.76. The van der Waals surface area contributed by atoms with Gasteiger partial charge >= 0.3 is 0 Å². The first-order chi connectivity index (χ1) is 11.8. The van der Waals surface area contributed by atoms with Crippen LogP contribution in [-0.2, 0) is 9.59 Å². The van der Waals surface area contributed by atoms with Crippen molar-refractivity contribution in [2.24, 2.45) is 0 Å². The third-order valence-electron chi connectivity index (χ3n) is 3.51. The Morgan fingerprint density at radius 3 is 2.08 bits per heavy atom. The van der Waals surface area contributed by atoms with E-state index in [0.717, 1.165) is 0 Å². The third kappa shape index (κ3) is 6.17. The van der Waals surface area contributed by atoms with Crippen LogP contribution in [0.1, 0.15) is 5.56 Å². The lowest BCUT2D eigenvalue weighted by molar-refractivity contribution is -0.862. The van der Waals surface area contributed by atoms with Crippen LogP contribution in [0.25, 0.3) is 0 Å². The molecule has 5 nitrogen and oxygen atoms in total. The van der Waals surface area contributed by atoms with Gasteiger partial charge in [0, 0.05) is 16.4 Å². The van der Waals surface area contributed by atoms with Crippen molar-refractivity contribution in [3.8, 4) is 0 Å². The van der Waals surface area contributed by atoms with Gasteiger partial charge in [0.05, 0.1) is 7.05 Å². The van der Waals surface area contributed by atoms with E-state index in [2.05, 4.69) is 10.6 Å². The van der Waals surface area contributed by atoms with E-state index in [1.807, 2.05) is 0 Å². The van der Waals surface area contributed by atoms with Crippen LogP contribution in [0.15, 0.2) is 42.5 Å². The molecule has 0 radical (unpaired) electrons. The molecule has 0 aliphatic carbocycles. The van der Waals surface area contributed by atoms with Gasteiger partial charge in [-0.05, 0) is 48.9 Å². The Labute approximate surface area is 150 Å². The van der Waals surface area contributed by atoms with Crippen LogP contribution >= 0.6 is 11.6 Å². The summed E-state index contributed by atoms with van der Waals surface area (Å²) in [6.45, 7) is 1.86. The minimum absolute atomic E-state index is 0.0868. The summed E-state index contributed by atoms with van der Waals surface area (Å²) in [5.41, 5.74) is 1.55. The van der Waals surface area contributed by atoms with E-state index >= 15 is 0 Å². The number of nitrogens with one attached hydrogen (secondary N) is 3. The Hall–Kier alpha value is -2.44. The average molecular weight is 365 g/mol. The summed E-state index contributed by atoms with van der Waals surface area (Å²) < 4.78 is 13.5. The molecule has 0 aliphatic heterocycles. The zero-order valence-electron chi connectivity index (χ0n) is 14.0. The molecule has 0 aromatic heterocycles. The van der Waals surface area contributed by atoms with Crippen LogP contribution in [0.4, 0.5) is 15.8 Å². The van der Waals surface area contributed by atoms with Crippen LogP contribution < -0.4 is 15.5 Å². The van der Waals surface area contributed by atoms with E-state index in [4.69, 9.17) is 11.6 Å². The van der Waals surface area contributed by atoms with Crippen molar-refractivity contribution in [3.05, 3.63) is 58.9 Å². The fourth-order valence-electron chi connectivity index (χ4n) is 2.22. The fourth-order valence-corrected chi connectivity index (χ4v) is 2.35. The lowest BCUT2D eigenvalue weighted by Crippen LogP contribution is -3.11. The highest BCUT2D eigenvalue weighted by Crippen LogP contribution is 2.13. The average Bonchev–Trinajstić information content (AvgIpc) is 2.52. The summed E-state index contributed by atoms with van der Waals surface area (Å²) in [6.07, 6.45) is 0. The van der Waals surface area contributed by atoms with Gasteiger partial charge in [0.15, 0.2) is 13.1 Å². The number of quaternary nitrogens is 1. The largest absolute Gasteiger partial charge is 0.322 e. The summed E-state index contributed by atoms with van der Waals surface area (Å²) in [4.78, 5) is 24.7. The molecule has 25 heavy (non-hydrogen) atoms. The molecule has 2 aromatic carbocycles. The van der Waals surface area contributed by atoms with Crippen molar-refractivity contribution in [2.75, 3.05) is 30.8 Å². The molecule has 0 spiro atoms. The molecule has 0 aliphatic rings. The maximum atomic E-state index is 13.5. The van der Waals surface area contributed by atoms with Crippen LogP contribution in [-0.4, -0.2) is 32.0 Å². The molecule has 2 rings (SSSR count). The molecular formula is C18H20ClFN3O2+. The summed E-state index contributed by atoms with van der Waals surface area (Å²) in [6, 6.07) is 11.3. The number of carbonyl (C=O) groups excluding carboxylic acids is 2. The molecule has 1 unspecified atom stereocenters. The van der Waals surface area contributed by atoms with Crippen molar-refractivity contribution in [1.29, 1.82) is 0 Å².